The van der Waals surface area contributed by atoms with Crippen molar-refractivity contribution in [3.63, 3.8) is 0 Å². The summed E-state index contributed by atoms with van der Waals surface area (Å²) < 4.78 is 1.73. The third kappa shape index (κ3) is 2.28. The Labute approximate surface area is 97.9 Å². The Kier molecular flexibility index (Phi) is 4.10. The van der Waals surface area contributed by atoms with Gasteiger partial charge < -0.3 is 5.11 Å². The van der Waals surface area contributed by atoms with Crippen LogP contribution in [0, 0.1) is 0 Å². The van der Waals surface area contributed by atoms with Gasteiger partial charge in [-0.1, -0.05) is 13.8 Å². The zero-order valence-electron chi connectivity index (χ0n) is 10.9. The van der Waals surface area contributed by atoms with Crippen LogP contribution in [0.25, 0.3) is 0 Å². The van der Waals surface area contributed by atoms with E-state index in [1.165, 1.54) is 0 Å². The first-order valence-corrected chi connectivity index (χ1v) is 5.86. The van der Waals surface area contributed by atoms with Crippen molar-refractivity contribution in [1.29, 1.82) is 0 Å². The molecule has 1 rings (SSSR count). The van der Waals surface area contributed by atoms with Gasteiger partial charge in [0.15, 0.2) is 0 Å². The summed E-state index contributed by atoms with van der Waals surface area (Å²) in [6, 6.07) is 1.87. The van der Waals surface area contributed by atoms with Crippen LogP contribution in [0.15, 0.2) is 12.3 Å². The maximum atomic E-state index is 10.4. The van der Waals surface area contributed by atoms with E-state index in [4.69, 9.17) is 0 Å². The van der Waals surface area contributed by atoms with Gasteiger partial charge in [-0.25, -0.2) is 0 Å². The van der Waals surface area contributed by atoms with Gasteiger partial charge in [0, 0.05) is 18.8 Å². The first-order chi connectivity index (χ1) is 7.45. The molecule has 4 heteroatoms. The highest BCUT2D eigenvalue weighted by molar-refractivity contribution is 5.10. The van der Waals surface area contributed by atoms with Crippen LogP contribution in [-0.4, -0.2) is 38.4 Å². The Morgan fingerprint density at radius 3 is 2.38 bits per heavy atom. The minimum Gasteiger partial charge on any atom is -0.385 e. The second-order valence-corrected chi connectivity index (χ2v) is 4.61. The highest BCUT2D eigenvalue weighted by Gasteiger charge is 2.35. The molecule has 0 amide bonds. The predicted molar refractivity (Wildman–Crippen MR) is 65.2 cm³/mol. The highest BCUT2D eigenvalue weighted by Crippen LogP contribution is 2.30. The van der Waals surface area contributed by atoms with E-state index in [0.29, 0.717) is 0 Å². The van der Waals surface area contributed by atoms with E-state index in [9.17, 15) is 5.11 Å². The van der Waals surface area contributed by atoms with Gasteiger partial charge in [0.25, 0.3) is 0 Å². The molecule has 1 unspecified atom stereocenters. The van der Waals surface area contributed by atoms with Crippen molar-refractivity contribution in [1.82, 2.24) is 14.7 Å². The molecule has 0 aliphatic rings. The molecule has 1 aromatic rings. The molecule has 16 heavy (non-hydrogen) atoms. The van der Waals surface area contributed by atoms with Gasteiger partial charge >= 0.3 is 0 Å². The fourth-order valence-corrected chi connectivity index (χ4v) is 2.23. The number of aliphatic hydroxyl groups is 1. The van der Waals surface area contributed by atoms with Crippen LogP contribution in [-0.2, 0) is 7.05 Å². The second-order valence-electron chi connectivity index (χ2n) is 4.61. The quantitative estimate of drug-likeness (QED) is 0.827. The average Bonchev–Trinajstić information content (AvgIpc) is 2.64. The normalized spacial score (nSPS) is 14.4. The van der Waals surface area contributed by atoms with Crippen molar-refractivity contribution < 1.29 is 5.11 Å². The largest absolute Gasteiger partial charge is 0.385 e. The lowest BCUT2D eigenvalue weighted by Gasteiger charge is -2.40. The maximum Gasteiger partial charge on any atom is 0.113 e. The SMILES string of the molecule is CCN(CC)C(C)(C)C(O)c1ccnn1C. The van der Waals surface area contributed by atoms with Gasteiger partial charge in [0.1, 0.15) is 6.10 Å². The summed E-state index contributed by atoms with van der Waals surface area (Å²) >= 11 is 0. The Bertz CT molecular complexity index is 329. The molecule has 0 saturated carbocycles. The Morgan fingerprint density at radius 2 is 2.00 bits per heavy atom. The smallest absolute Gasteiger partial charge is 0.113 e. The van der Waals surface area contributed by atoms with Crippen molar-refractivity contribution in [2.45, 2.75) is 39.3 Å². The van der Waals surface area contributed by atoms with E-state index in [0.717, 1.165) is 18.8 Å². The molecular weight excluding hydrogens is 202 g/mol. The number of hydrogen-bond donors (Lipinski definition) is 1. The van der Waals surface area contributed by atoms with E-state index in [1.54, 1.807) is 10.9 Å². The van der Waals surface area contributed by atoms with Crippen LogP contribution in [0.2, 0.25) is 0 Å². The van der Waals surface area contributed by atoms with Crippen LogP contribution >= 0.6 is 0 Å². The fraction of sp³-hybridized carbons (Fsp3) is 0.750. The summed E-state index contributed by atoms with van der Waals surface area (Å²) in [5.74, 6) is 0. The standard InChI is InChI=1S/C12H23N3O/c1-6-15(7-2)12(3,4)11(16)10-8-9-13-14(10)5/h8-9,11,16H,6-7H2,1-5H3. The third-order valence-corrected chi connectivity index (χ3v) is 3.39. The molecule has 0 radical (unpaired) electrons. The number of hydrogen-bond acceptors (Lipinski definition) is 3. The molecule has 0 saturated heterocycles. The fourth-order valence-electron chi connectivity index (χ4n) is 2.23. The lowest BCUT2D eigenvalue weighted by atomic mass is 9.92. The molecule has 0 aromatic carbocycles. The molecule has 0 bridgehead atoms. The molecule has 4 nitrogen and oxygen atoms in total. The van der Waals surface area contributed by atoms with Crippen molar-refractivity contribution in [2.75, 3.05) is 13.1 Å². The molecule has 0 fully saturated rings. The summed E-state index contributed by atoms with van der Waals surface area (Å²) in [5, 5.41) is 14.5. The molecule has 92 valence electrons. The zero-order valence-corrected chi connectivity index (χ0v) is 10.9. The number of likely N-dealkylation sites (N-methyl/N-ethyl adjacent to an activating group) is 1. The van der Waals surface area contributed by atoms with E-state index in [-0.39, 0.29) is 5.54 Å². The van der Waals surface area contributed by atoms with Crippen LogP contribution in [0.5, 0.6) is 0 Å². The van der Waals surface area contributed by atoms with Gasteiger partial charge in [-0.3, -0.25) is 9.58 Å². The minimum absolute atomic E-state index is 0.280. The number of aromatic nitrogens is 2. The van der Waals surface area contributed by atoms with Gasteiger partial charge in [0.2, 0.25) is 0 Å². The minimum atomic E-state index is -0.528. The molecule has 0 aliphatic heterocycles. The predicted octanol–water partition coefficient (Wildman–Crippen LogP) is 1.57. The van der Waals surface area contributed by atoms with Crippen LogP contribution in [0.4, 0.5) is 0 Å². The van der Waals surface area contributed by atoms with Crippen LogP contribution in [0.1, 0.15) is 39.5 Å². The van der Waals surface area contributed by atoms with Crippen molar-refractivity contribution >= 4 is 0 Å². The Morgan fingerprint density at radius 1 is 1.44 bits per heavy atom. The molecular formula is C12H23N3O. The van der Waals surface area contributed by atoms with Gasteiger partial charge in [-0.15, -0.1) is 0 Å². The van der Waals surface area contributed by atoms with E-state index in [1.807, 2.05) is 13.1 Å². The monoisotopic (exact) mass is 225 g/mol. The number of aliphatic hydroxyl groups excluding tert-OH is 1. The topological polar surface area (TPSA) is 41.3 Å². The van der Waals surface area contributed by atoms with E-state index in [2.05, 4.69) is 37.7 Å². The Hall–Kier alpha value is -0.870. The van der Waals surface area contributed by atoms with Gasteiger partial charge in [-0.2, -0.15) is 5.10 Å². The van der Waals surface area contributed by atoms with E-state index >= 15 is 0 Å². The summed E-state index contributed by atoms with van der Waals surface area (Å²) in [4.78, 5) is 2.25. The first kappa shape index (κ1) is 13.2. The zero-order chi connectivity index (χ0) is 12.3. The maximum absolute atomic E-state index is 10.4. The Balaban J connectivity index is 2.95. The number of nitrogens with zero attached hydrogens (tertiary/aromatic N) is 3. The van der Waals surface area contributed by atoms with Gasteiger partial charge in [0.05, 0.1) is 5.69 Å². The number of rotatable bonds is 5. The van der Waals surface area contributed by atoms with Crippen LogP contribution in [0.3, 0.4) is 0 Å². The lowest BCUT2D eigenvalue weighted by Crippen LogP contribution is -2.48. The van der Waals surface area contributed by atoms with Crippen molar-refractivity contribution in [3.8, 4) is 0 Å². The van der Waals surface area contributed by atoms with Crippen molar-refractivity contribution in [2.24, 2.45) is 7.05 Å². The summed E-state index contributed by atoms with van der Waals surface area (Å²) in [6.45, 7) is 10.2. The molecule has 0 aliphatic carbocycles. The summed E-state index contributed by atoms with van der Waals surface area (Å²) in [7, 11) is 1.86. The average molecular weight is 225 g/mol. The number of aryl methyl sites for hydroxylation is 1. The summed E-state index contributed by atoms with van der Waals surface area (Å²) in [6.07, 6.45) is 1.19. The molecule has 1 heterocycles. The molecule has 1 aromatic heterocycles. The third-order valence-electron chi connectivity index (χ3n) is 3.39. The molecule has 1 atom stereocenters. The second kappa shape index (κ2) is 4.97. The molecule has 1 N–H and O–H groups in total. The molecule has 0 spiro atoms. The highest BCUT2D eigenvalue weighted by atomic mass is 16.3. The first-order valence-electron chi connectivity index (χ1n) is 5.86. The van der Waals surface area contributed by atoms with Gasteiger partial charge in [-0.05, 0) is 33.0 Å². The summed E-state index contributed by atoms with van der Waals surface area (Å²) in [5.41, 5.74) is 0.578. The van der Waals surface area contributed by atoms with Crippen LogP contribution < -0.4 is 0 Å². The lowest BCUT2D eigenvalue weighted by molar-refractivity contribution is -0.0106. The van der Waals surface area contributed by atoms with Crippen molar-refractivity contribution in [3.05, 3.63) is 18.0 Å². The van der Waals surface area contributed by atoms with E-state index < -0.39 is 6.10 Å².